The second kappa shape index (κ2) is 4.69. The van der Waals surface area contributed by atoms with Crippen LogP contribution in [0.1, 0.15) is 31.4 Å². The molecule has 17 heavy (non-hydrogen) atoms. The van der Waals surface area contributed by atoms with Crippen LogP contribution >= 0.6 is 27.7 Å². The quantitative estimate of drug-likeness (QED) is 0.722. The lowest BCUT2D eigenvalue weighted by atomic mass is 10.2. The number of thioether (sulfide) groups is 1. The number of hydrogen-bond donors (Lipinski definition) is 0. The van der Waals surface area contributed by atoms with Gasteiger partial charge < -0.3 is 4.42 Å². The first-order chi connectivity index (χ1) is 8.24. The van der Waals surface area contributed by atoms with Crippen molar-refractivity contribution in [2.45, 2.75) is 42.8 Å². The summed E-state index contributed by atoms with van der Waals surface area (Å²) in [5.41, 5.74) is 1.01. The smallest absolute Gasteiger partial charge is 0.135 e. The lowest BCUT2D eigenvalue weighted by molar-refractivity contribution is 0.568. The Morgan fingerprint density at radius 1 is 1.29 bits per heavy atom. The summed E-state index contributed by atoms with van der Waals surface area (Å²) in [6.45, 7) is 2.07. The molecule has 0 saturated heterocycles. The second-order valence-electron chi connectivity index (χ2n) is 4.65. The van der Waals surface area contributed by atoms with Gasteiger partial charge in [0.15, 0.2) is 0 Å². The average Bonchev–Trinajstić information content (AvgIpc) is 2.90. The summed E-state index contributed by atoms with van der Waals surface area (Å²) < 4.78 is 6.95. The molecule has 1 nitrogen and oxygen atoms in total. The summed E-state index contributed by atoms with van der Waals surface area (Å²) >= 11 is 5.55. The third kappa shape index (κ3) is 2.27. The molecule has 0 radical (unpaired) electrons. The molecule has 0 atom stereocenters. The Balaban J connectivity index is 2.01. The average molecular weight is 311 g/mol. The molecule has 1 aromatic carbocycles. The largest absolute Gasteiger partial charge is 0.460 e. The molecule has 1 aliphatic carbocycles. The molecule has 1 heterocycles. The van der Waals surface area contributed by atoms with E-state index in [4.69, 9.17) is 4.42 Å². The predicted octanol–water partition coefficient (Wildman–Crippen LogP) is 5.54. The zero-order chi connectivity index (χ0) is 11.8. The van der Waals surface area contributed by atoms with Gasteiger partial charge in [-0.2, -0.15) is 0 Å². The van der Waals surface area contributed by atoms with Gasteiger partial charge in [0, 0.05) is 15.1 Å². The standard InChI is InChI=1S/C14H15BrOS/c1-9-14(17-11-4-2-3-5-11)12-8-10(15)6-7-13(12)16-9/h6-8,11H,2-5H2,1H3. The monoisotopic (exact) mass is 310 g/mol. The van der Waals surface area contributed by atoms with E-state index in [1.165, 1.54) is 36.0 Å². The summed E-state index contributed by atoms with van der Waals surface area (Å²) in [5, 5.41) is 2.04. The second-order valence-corrected chi connectivity index (χ2v) is 6.88. The van der Waals surface area contributed by atoms with Crippen LogP contribution in [0.3, 0.4) is 0 Å². The number of furan rings is 1. The molecular formula is C14H15BrOS. The van der Waals surface area contributed by atoms with Crippen LogP contribution < -0.4 is 0 Å². The van der Waals surface area contributed by atoms with Crippen molar-refractivity contribution in [2.75, 3.05) is 0 Å². The molecule has 3 heteroatoms. The fourth-order valence-corrected chi connectivity index (χ4v) is 4.25. The third-order valence-corrected chi connectivity index (χ3v) is 5.40. The Kier molecular flexibility index (Phi) is 3.22. The molecule has 1 saturated carbocycles. The summed E-state index contributed by atoms with van der Waals surface area (Å²) in [6.07, 6.45) is 5.47. The highest BCUT2D eigenvalue weighted by molar-refractivity contribution is 9.10. The normalized spacial score (nSPS) is 17.1. The molecule has 90 valence electrons. The number of benzene rings is 1. The molecule has 0 unspecified atom stereocenters. The van der Waals surface area contributed by atoms with Crippen LogP contribution in [0.25, 0.3) is 11.0 Å². The Bertz CT molecular complexity index is 540. The van der Waals surface area contributed by atoms with Crippen molar-refractivity contribution in [3.8, 4) is 0 Å². The van der Waals surface area contributed by atoms with Gasteiger partial charge in [-0.05, 0) is 38.0 Å². The highest BCUT2D eigenvalue weighted by Gasteiger charge is 2.20. The van der Waals surface area contributed by atoms with Crippen LogP contribution in [-0.4, -0.2) is 5.25 Å². The zero-order valence-corrected chi connectivity index (χ0v) is 12.2. The van der Waals surface area contributed by atoms with Gasteiger partial charge in [-0.1, -0.05) is 28.8 Å². The SMILES string of the molecule is Cc1oc2ccc(Br)cc2c1SC1CCCC1. The van der Waals surface area contributed by atoms with Gasteiger partial charge in [0.25, 0.3) is 0 Å². The first-order valence-corrected chi connectivity index (χ1v) is 7.76. The van der Waals surface area contributed by atoms with E-state index in [-0.39, 0.29) is 0 Å². The van der Waals surface area contributed by atoms with Gasteiger partial charge >= 0.3 is 0 Å². The number of rotatable bonds is 2. The molecule has 0 spiro atoms. The van der Waals surface area contributed by atoms with E-state index in [0.29, 0.717) is 0 Å². The van der Waals surface area contributed by atoms with Gasteiger partial charge in [0.05, 0.1) is 4.90 Å². The molecule has 0 N–H and O–H groups in total. The predicted molar refractivity (Wildman–Crippen MR) is 76.8 cm³/mol. The van der Waals surface area contributed by atoms with Crippen LogP contribution in [0, 0.1) is 6.92 Å². The molecule has 1 fully saturated rings. The number of aryl methyl sites for hydroxylation is 1. The number of halogens is 1. The summed E-state index contributed by atoms with van der Waals surface area (Å²) in [7, 11) is 0. The van der Waals surface area contributed by atoms with E-state index < -0.39 is 0 Å². The van der Waals surface area contributed by atoms with Crippen molar-refractivity contribution in [1.29, 1.82) is 0 Å². The topological polar surface area (TPSA) is 13.1 Å². The van der Waals surface area contributed by atoms with Crippen LogP contribution in [-0.2, 0) is 0 Å². The van der Waals surface area contributed by atoms with Crippen molar-refractivity contribution in [3.05, 3.63) is 28.4 Å². The Hall–Kier alpha value is -0.410. The number of hydrogen-bond acceptors (Lipinski definition) is 2. The third-order valence-electron chi connectivity index (χ3n) is 3.36. The highest BCUT2D eigenvalue weighted by atomic mass is 79.9. The maximum Gasteiger partial charge on any atom is 0.135 e. The van der Waals surface area contributed by atoms with Crippen molar-refractivity contribution in [1.82, 2.24) is 0 Å². The fraction of sp³-hybridized carbons (Fsp3) is 0.429. The van der Waals surface area contributed by atoms with E-state index in [1.807, 2.05) is 23.9 Å². The van der Waals surface area contributed by atoms with E-state index in [1.54, 1.807) is 0 Å². The molecular weight excluding hydrogens is 296 g/mol. The van der Waals surface area contributed by atoms with Crippen molar-refractivity contribution >= 4 is 38.7 Å². The molecule has 1 aliphatic rings. The molecule has 3 rings (SSSR count). The Morgan fingerprint density at radius 2 is 2.06 bits per heavy atom. The lowest BCUT2D eigenvalue weighted by Crippen LogP contribution is -1.93. The van der Waals surface area contributed by atoms with Gasteiger partial charge in [-0.3, -0.25) is 0 Å². The molecule has 0 aliphatic heterocycles. The molecule has 1 aromatic heterocycles. The molecule has 0 amide bonds. The van der Waals surface area contributed by atoms with Crippen molar-refractivity contribution < 1.29 is 4.42 Å². The zero-order valence-electron chi connectivity index (χ0n) is 9.83. The van der Waals surface area contributed by atoms with E-state index >= 15 is 0 Å². The van der Waals surface area contributed by atoms with Gasteiger partial charge in [0.2, 0.25) is 0 Å². The fourth-order valence-electron chi connectivity index (χ4n) is 2.49. The maximum absolute atomic E-state index is 5.82. The Labute approximate surface area is 114 Å². The first kappa shape index (κ1) is 11.7. The van der Waals surface area contributed by atoms with Crippen LogP contribution in [0.5, 0.6) is 0 Å². The summed E-state index contributed by atoms with van der Waals surface area (Å²) in [4.78, 5) is 1.34. The highest BCUT2D eigenvalue weighted by Crippen LogP contribution is 2.41. The lowest BCUT2D eigenvalue weighted by Gasteiger charge is -2.07. The Morgan fingerprint density at radius 3 is 2.82 bits per heavy atom. The first-order valence-electron chi connectivity index (χ1n) is 6.09. The van der Waals surface area contributed by atoms with Crippen LogP contribution in [0.4, 0.5) is 0 Å². The van der Waals surface area contributed by atoms with E-state index in [0.717, 1.165) is 21.1 Å². The minimum atomic E-state index is 0.786. The van der Waals surface area contributed by atoms with Crippen LogP contribution in [0.15, 0.2) is 32.0 Å². The van der Waals surface area contributed by atoms with Gasteiger partial charge in [0.1, 0.15) is 11.3 Å². The minimum Gasteiger partial charge on any atom is -0.460 e. The van der Waals surface area contributed by atoms with Gasteiger partial charge in [-0.15, -0.1) is 11.8 Å². The molecule has 2 aromatic rings. The summed E-state index contributed by atoms with van der Waals surface area (Å²) in [5.74, 6) is 1.06. The van der Waals surface area contributed by atoms with E-state index in [2.05, 4.69) is 28.9 Å². The van der Waals surface area contributed by atoms with Gasteiger partial charge in [-0.25, -0.2) is 0 Å². The van der Waals surface area contributed by atoms with Crippen molar-refractivity contribution in [3.63, 3.8) is 0 Å². The maximum atomic E-state index is 5.82. The van der Waals surface area contributed by atoms with Crippen LogP contribution in [0.2, 0.25) is 0 Å². The molecule has 0 bridgehead atoms. The minimum absolute atomic E-state index is 0.786. The van der Waals surface area contributed by atoms with Crippen molar-refractivity contribution in [2.24, 2.45) is 0 Å². The summed E-state index contributed by atoms with van der Waals surface area (Å²) in [6, 6.07) is 6.25. The van der Waals surface area contributed by atoms with E-state index in [9.17, 15) is 0 Å². The number of fused-ring (bicyclic) bond motifs is 1.